The molecule has 0 aromatic rings. The van der Waals surface area contributed by atoms with Gasteiger partial charge in [0.05, 0.1) is 6.61 Å². The topological polar surface area (TPSA) is 93.5 Å². The number of alkyl halides is 2. The number of halogens is 2. The summed E-state index contributed by atoms with van der Waals surface area (Å²) in [6.45, 7) is -0.318. The van der Waals surface area contributed by atoms with Crippen LogP contribution in [-0.4, -0.2) is 51.1 Å². The lowest BCUT2D eigenvalue weighted by Gasteiger charge is -2.06. The monoisotopic (exact) mass is 239 g/mol. The predicted molar refractivity (Wildman–Crippen MR) is 51.9 cm³/mol. The molecule has 0 aromatic carbocycles. The number of hydrogen-bond acceptors (Lipinski definition) is 4. The van der Waals surface area contributed by atoms with Crippen LogP contribution >= 0.6 is 0 Å². The Balaban J connectivity index is 3.46. The summed E-state index contributed by atoms with van der Waals surface area (Å²) in [4.78, 5) is 21.9. The molecule has 0 aliphatic carbocycles. The third kappa shape index (κ3) is 8.06. The second-order valence-electron chi connectivity index (χ2n) is 2.77. The van der Waals surface area contributed by atoms with Crippen LogP contribution in [0.2, 0.25) is 0 Å². The van der Waals surface area contributed by atoms with E-state index < -0.39 is 24.8 Å². The highest BCUT2D eigenvalue weighted by Gasteiger charge is 2.11. The predicted octanol–water partition coefficient (Wildman–Crippen LogP) is -1.54. The Labute approximate surface area is 91.5 Å². The van der Waals surface area contributed by atoms with Gasteiger partial charge in [0, 0.05) is 19.6 Å². The molecule has 0 saturated heterocycles. The van der Waals surface area contributed by atoms with Crippen LogP contribution in [0.3, 0.4) is 0 Å². The van der Waals surface area contributed by atoms with Gasteiger partial charge < -0.3 is 21.1 Å². The molecular formula is C8H15F2N3O3. The SMILES string of the molecule is NCCNC(=O)C(=O)NCCOCC(F)F. The van der Waals surface area contributed by atoms with Crippen molar-refractivity contribution in [2.75, 3.05) is 32.8 Å². The molecule has 0 radical (unpaired) electrons. The molecule has 6 nitrogen and oxygen atoms in total. The van der Waals surface area contributed by atoms with Gasteiger partial charge in [-0.3, -0.25) is 9.59 Å². The molecular weight excluding hydrogens is 224 g/mol. The molecule has 0 aliphatic heterocycles. The molecule has 0 heterocycles. The second-order valence-corrected chi connectivity index (χ2v) is 2.77. The summed E-state index contributed by atoms with van der Waals surface area (Å²) in [5.41, 5.74) is 5.11. The summed E-state index contributed by atoms with van der Waals surface area (Å²) in [5.74, 6) is -1.64. The van der Waals surface area contributed by atoms with E-state index in [2.05, 4.69) is 15.4 Å². The first-order chi connectivity index (χ1) is 7.57. The summed E-state index contributed by atoms with van der Waals surface area (Å²) in [6, 6.07) is 0. The fourth-order valence-corrected chi connectivity index (χ4v) is 0.755. The van der Waals surface area contributed by atoms with E-state index in [0.29, 0.717) is 0 Å². The summed E-state index contributed by atoms with van der Waals surface area (Å²) >= 11 is 0. The first-order valence-corrected chi connectivity index (χ1v) is 4.70. The van der Waals surface area contributed by atoms with Crippen molar-refractivity contribution < 1.29 is 23.1 Å². The van der Waals surface area contributed by atoms with E-state index >= 15 is 0 Å². The maximum absolute atomic E-state index is 11.6. The number of nitrogens with one attached hydrogen (secondary N) is 2. The van der Waals surface area contributed by atoms with E-state index in [1.54, 1.807) is 0 Å². The van der Waals surface area contributed by atoms with E-state index in [1.165, 1.54) is 0 Å². The van der Waals surface area contributed by atoms with Crippen molar-refractivity contribution in [1.29, 1.82) is 0 Å². The first kappa shape index (κ1) is 14.7. The Morgan fingerprint density at radius 1 is 1.19 bits per heavy atom. The fraction of sp³-hybridized carbons (Fsp3) is 0.750. The number of amides is 2. The average Bonchev–Trinajstić information content (AvgIpc) is 2.24. The van der Waals surface area contributed by atoms with Crippen LogP contribution < -0.4 is 16.4 Å². The number of hydrogen-bond donors (Lipinski definition) is 3. The number of carbonyl (C=O) groups is 2. The Hall–Kier alpha value is -1.28. The van der Waals surface area contributed by atoms with Gasteiger partial charge in [-0.05, 0) is 0 Å². The van der Waals surface area contributed by atoms with Gasteiger partial charge in [-0.2, -0.15) is 0 Å². The van der Waals surface area contributed by atoms with Crippen LogP contribution in [0, 0.1) is 0 Å². The lowest BCUT2D eigenvalue weighted by atomic mass is 10.5. The van der Waals surface area contributed by atoms with Crippen molar-refractivity contribution in [1.82, 2.24) is 10.6 Å². The van der Waals surface area contributed by atoms with Crippen molar-refractivity contribution in [2.24, 2.45) is 5.73 Å². The zero-order valence-corrected chi connectivity index (χ0v) is 8.67. The van der Waals surface area contributed by atoms with Gasteiger partial charge in [-0.15, -0.1) is 0 Å². The minimum absolute atomic E-state index is 0.00159. The highest BCUT2D eigenvalue weighted by Crippen LogP contribution is 1.91. The maximum atomic E-state index is 11.6. The Bertz CT molecular complexity index is 227. The fourth-order valence-electron chi connectivity index (χ4n) is 0.755. The number of ether oxygens (including phenoxy) is 1. The standard InChI is InChI=1S/C8H15F2N3O3/c9-6(10)5-16-4-3-13-8(15)7(14)12-2-1-11/h6H,1-5,11H2,(H,12,14)(H,13,15). The van der Waals surface area contributed by atoms with E-state index in [0.717, 1.165) is 0 Å². The van der Waals surface area contributed by atoms with Gasteiger partial charge in [0.2, 0.25) is 0 Å². The van der Waals surface area contributed by atoms with Crippen molar-refractivity contribution in [3.05, 3.63) is 0 Å². The van der Waals surface area contributed by atoms with Crippen molar-refractivity contribution >= 4 is 11.8 Å². The normalized spacial score (nSPS) is 10.2. The molecule has 0 unspecified atom stereocenters. The summed E-state index contributed by atoms with van der Waals surface area (Å²) < 4.78 is 27.7. The minimum Gasteiger partial charge on any atom is -0.374 e. The minimum atomic E-state index is -2.54. The van der Waals surface area contributed by atoms with E-state index in [1.807, 2.05) is 0 Å². The number of rotatable bonds is 7. The van der Waals surface area contributed by atoms with Crippen molar-refractivity contribution in [3.63, 3.8) is 0 Å². The Morgan fingerprint density at radius 2 is 1.75 bits per heavy atom. The quantitative estimate of drug-likeness (QED) is 0.371. The van der Waals surface area contributed by atoms with E-state index in [4.69, 9.17) is 5.73 Å². The van der Waals surface area contributed by atoms with Crippen LogP contribution in [0.5, 0.6) is 0 Å². The molecule has 0 aliphatic rings. The van der Waals surface area contributed by atoms with Crippen LogP contribution in [0.1, 0.15) is 0 Å². The van der Waals surface area contributed by atoms with Gasteiger partial charge in [0.25, 0.3) is 6.43 Å². The summed E-state index contributed by atoms with van der Waals surface area (Å²) in [6.07, 6.45) is -2.54. The van der Waals surface area contributed by atoms with Crippen molar-refractivity contribution in [2.45, 2.75) is 6.43 Å². The van der Waals surface area contributed by atoms with Crippen LogP contribution in [-0.2, 0) is 14.3 Å². The number of carbonyl (C=O) groups excluding carboxylic acids is 2. The van der Waals surface area contributed by atoms with Crippen LogP contribution in [0.25, 0.3) is 0 Å². The van der Waals surface area contributed by atoms with Crippen molar-refractivity contribution in [3.8, 4) is 0 Å². The molecule has 0 spiro atoms. The zero-order chi connectivity index (χ0) is 12.4. The van der Waals surface area contributed by atoms with E-state index in [9.17, 15) is 18.4 Å². The lowest BCUT2D eigenvalue weighted by Crippen LogP contribution is -2.42. The number of nitrogens with two attached hydrogens (primary N) is 1. The van der Waals surface area contributed by atoms with Gasteiger partial charge in [-0.1, -0.05) is 0 Å². The summed E-state index contributed by atoms with van der Waals surface area (Å²) in [7, 11) is 0. The zero-order valence-electron chi connectivity index (χ0n) is 8.67. The third-order valence-electron chi connectivity index (χ3n) is 1.41. The molecule has 2 amide bonds. The van der Waals surface area contributed by atoms with Gasteiger partial charge in [0.15, 0.2) is 0 Å². The lowest BCUT2D eigenvalue weighted by molar-refractivity contribution is -0.139. The average molecular weight is 239 g/mol. The molecule has 0 atom stereocenters. The Kier molecular flexibility index (Phi) is 8.26. The maximum Gasteiger partial charge on any atom is 0.309 e. The first-order valence-electron chi connectivity index (χ1n) is 4.70. The van der Waals surface area contributed by atoms with Gasteiger partial charge >= 0.3 is 11.8 Å². The highest BCUT2D eigenvalue weighted by molar-refractivity contribution is 6.35. The molecule has 0 fully saturated rings. The molecule has 16 heavy (non-hydrogen) atoms. The van der Waals surface area contributed by atoms with Gasteiger partial charge in [-0.25, -0.2) is 8.78 Å². The molecule has 0 bridgehead atoms. The molecule has 0 rings (SSSR count). The third-order valence-corrected chi connectivity index (χ3v) is 1.41. The highest BCUT2D eigenvalue weighted by atomic mass is 19.3. The van der Waals surface area contributed by atoms with E-state index in [-0.39, 0.29) is 26.2 Å². The molecule has 4 N–H and O–H groups in total. The Morgan fingerprint density at radius 3 is 2.25 bits per heavy atom. The largest absolute Gasteiger partial charge is 0.374 e. The van der Waals surface area contributed by atoms with Crippen LogP contribution in [0.15, 0.2) is 0 Å². The molecule has 8 heteroatoms. The van der Waals surface area contributed by atoms with Gasteiger partial charge in [0.1, 0.15) is 6.61 Å². The molecule has 0 aromatic heterocycles. The van der Waals surface area contributed by atoms with Crippen LogP contribution in [0.4, 0.5) is 8.78 Å². The summed E-state index contributed by atoms with van der Waals surface area (Å²) in [5, 5.41) is 4.46. The smallest absolute Gasteiger partial charge is 0.309 e. The molecule has 0 saturated carbocycles. The second kappa shape index (κ2) is 8.98. The molecule has 94 valence electrons.